The van der Waals surface area contributed by atoms with Gasteiger partial charge in [0.1, 0.15) is 13.2 Å². The van der Waals surface area contributed by atoms with Crippen molar-refractivity contribution in [3.8, 4) is 0 Å². The molecule has 76 heavy (non-hydrogen) atoms. The lowest BCUT2D eigenvalue weighted by atomic mass is 10.0. The lowest BCUT2D eigenvalue weighted by molar-refractivity contribution is -0.167. The lowest BCUT2D eigenvalue weighted by Crippen LogP contribution is -2.30. The van der Waals surface area contributed by atoms with Gasteiger partial charge in [0, 0.05) is 19.3 Å². The zero-order valence-corrected chi connectivity index (χ0v) is 50.5. The Hall–Kier alpha value is -3.15. The first-order valence-electron chi connectivity index (χ1n) is 32.9. The molecule has 0 heterocycles. The van der Waals surface area contributed by atoms with Gasteiger partial charge in [-0.05, 0) is 70.6 Å². The molecule has 0 aliphatic heterocycles. The number of esters is 3. The van der Waals surface area contributed by atoms with Gasteiger partial charge in [0.25, 0.3) is 0 Å². The van der Waals surface area contributed by atoms with Crippen LogP contribution in [-0.2, 0) is 28.6 Å². The van der Waals surface area contributed by atoms with Gasteiger partial charge in [-0.2, -0.15) is 0 Å². The number of ether oxygens (including phenoxy) is 3. The summed E-state index contributed by atoms with van der Waals surface area (Å²) in [5.74, 6) is -0.869. The van der Waals surface area contributed by atoms with E-state index in [-0.39, 0.29) is 31.1 Å². The maximum absolute atomic E-state index is 12.9. The van der Waals surface area contributed by atoms with E-state index in [1.807, 2.05) is 0 Å². The minimum atomic E-state index is -0.779. The second-order valence-corrected chi connectivity index (χ2v) is 22.0. The summed E-state index contributed by atoms with van der Waals surface area (Å²) in [6.07, 6.45) is 83.3. The van der Waals surface area contributed by atoms with Gasteiger partial charge >= 0.3 is 17.9 Å². The normalized spacial score (nSPS) is 12.5. The third kappa shape index (κ3) is 61.7. The van der Waals surface area contributed by atoms with E-state index in [9.17, 15) is 14.4 Å². The molecule has 6 heteroatoms. The predicted octanol–water partition coefficient (Wildman–Crippen LogP) is 22.5. The zero-order chi connectivity index (χ0) is 55.0. The number of hydrogen-bond donors (Lipinski definition) is 0. The van der Waals surface area contributed by atoms with Crippen LogP contribution in [0.4, 0.5) is 0 Å². The van der Waals surface area contributed by atoms with Crippen LogP contribution in [0.3, 0.4) is 0 Å². The van der Waals surface area contributed by atoms with Gasteiger partial charge in [-0.1, -0.05) is 318 Å². The zero-order valence-electron chi connectivity index (χ0n) is 50.5. The molecule has 0 bridgehead atoms. The minimum Gasteiger partial charge on any atom is -0.462 e. The summed E-state index contributed by atoms with van der Waals surface area (Å²) in [5.41, 5.74) is 0. The third-order valence-corrected chi connectivity index (χ3v) is 14.5. The number of hydrogen-bond acceptors (Lipinski definition) is 6. The Labute approximate surface area is 472 Å². The highest BCUT2D eigenvalue weighted by atomic mass is 16.6. The van der Waals surface area contributed by atoms with Crippen LogP contribution < -0.4 is 0 Å². The first kappa shape index (κ1) is 72.8. The lowest BCUT2D eigenvalue weighted by Gasteiger charge is -2.18. The molecule has 1 unspecified atom stereocenters. The van der Waals surface area contributed by atoms with Crippen LogP contribution in [0.1, 0.15) is 335 Å². The van der Waals surface area contributed by atoms with Gasteiger partial charge in [-0.15, -0.1) is 0 Å². The number of allylic oxidation sites excluding steroid dienone is 12. The van der Waals surface area contributed by atoms with Crippen molar-refractivity contribution in [1.82, 2.24) is 0 Å². The molecule has 0 amide bonds. The highest BCUT2D eigenvalue weighted by Crippen LogP contribution is 2.17. The third-order valence-electron chi connectivity index (χ3n) is 14.5. The summed E-state index contributed by atoms with van der Waals surface area (Å²) in [6.45, 7) is 6.57. The Kier molecular flexibility index (Phi) is 61.7. The van der Waals surface area contributed by atoms with E-state index in [2.05, 4.69) is 93.7 Å². The van der Waals surface area contributed by atoms with Gasteiger partial charge < -0.3 is 14.2 Å². The smallest absolute Gasteiger partial charge is 0.306 e. The molecule has 0 saturated heterocycles. The van der Waals surface area contributed by atoms with Crippen LogP contribution in [0.2, 0.25) is 0 Å². The van der Waals surface area contributed by atoms with E-state index in [4.69, 9.17) is 14.2 Å². The van der Waals surface area contributed by atoms with Gasteiger partial charge in [-0.3, -0.25) is 14.4 Å². The molecule has 0 spiro atoms. The number of unbranched alkanes of at least 4 members (excludes halogenated alkanes) is 37. The summed E-state index contributed by atoms with van der Waals surface area (Å²) in [5, 5.41) is 0. The minimum absolute atomic E-state index is 0.0751. The van der Waals surface area contributed by atoms with E-state index < -0.39 is 6.10 Å². The molecule has 0 aromatic heterocycles. The molecular formula is C70H124O6. The topological polar surface area (TPSA) is 78.9 Å². The van der Waals surface area contributed by atoms with Crippen molar-refractivity contribution in [1.29, 1.82) is 0 Å². The summed E-state index contributed by atoms with van der Waals surface area (Å²) < 4.78 is 17.0. The van der Waals surface area contributed by atoms with Crippen LogP contribution in [0.5, 0.6) is 0 Å². The van der Waals surface area contributed by atoms with Gasteiger partial charge in [0.2, 0.25) is 0 Å². The fourth-order valence-corrected chi connectivity index (χ4v) is 9.57. The predicted molar refractivity (Wildman–Crippen MR) is 330 cm³/mol. The maximum atomic E-state index is 12.9. The van der Waals surface area contributed by atoms with Crippen LogP contribution in [-0.4, -0.2) is 37.2 Å². The van der Waals surface area contributed by atoms with Gasteiger partial charge in [-0.25, -0.2) is 0 Å². The van der Waals surface area contributed by atoms with Crippen molar-refractivity contribution in [2.24, 2.45) is 0 Å². The average Bonchev–Trinajstić information content (AvgIpc) is 3.42. The van der Waals surface area contributed by atoms with Crippen molar-refractivity contribution in [3.63, 3.8) is 0 Å². The maximum Gasteiger partial charge on any atom is 0.306 e. The Balaban J connectivity index is 4.35. The summed E-state index contributed by atoms with van der Waals surface area (Å²) >= 11 is 0. The van der Waals surface area contributed by atoms with Crippen LogP contribution in [0, 0.1) is 0 Å². The molecule has 0 aliphatic carbocycles. The van der Waals surface area contributed by atoms with Crippen LogP contribution in [0.25, 0.3) is 0 Å². The van der Waals surface area contributed by atoms with E-state index in [0.29, 0.717) is 19.3 Å². The molecule has 0 rings (SSSR count). The monoisotopic (exact) mass is 1060 g/mol. The molecule has 0 aromatic carbocycles. The quantitative estimate of drug-likeness (QED) is 0.0261. The summed E-state index contributed by atoms with van der Waals surface area (Å²) in [6, 6.07) is 0. The number of rotatable bonds is 60. The molecule has 6 nitrogen and oxygen atoms in total. The second-order valence-electron chi connectivity index (χ2n) is 22.0. The Morgan fingerprint density at radius 3 is 0.803 bits per heavy atom. The first-order valence-corrected chi connectivity index (χ1v) is 32.9. The molecule has 0 radical (unpaired) electrons. The molecule has 0 fully saturated rings. The summed E-state index contributed by atoms with van der Waals surface area (Å²) in [7, 11) is 0. The average molecular weight is 1060 g/mol. The molecule has 0 aliphatic rings. The summed E-state index contributed by atoms with van der Waals surface area (Å²) in [4.78, 5) is 38.4. The van der Waals surface area contributed by atoms with Crippen molar-refractivity contribution in [3.05, 3.63) is 72.9 Å². The van der Waals surface area contributed by atoms with E-state index >= 15 is 0 Å². The number of carbonyl (C=O) groups excluding carboxylic acids is 3. The first-order chi connectivity index (χ1) is 37.5. The van der Waals surface area contributed by atoms with Gasteiger partial charge in [0.15, 0.2) is 6.10 Å². The van der Waals surface area contributed by atoms with Crippen molar-refractivity contribution in [2.45, 2.75) is 341 Å². The SMILES string of the molecule is CC/C=C\C/C=C\C/C=C\C/C=C\C/C=C\C/C=C\CCCCCCCCC(=O)OCC(COC(=O)CCCCCCCCCCCCCCCCCC)OC(=O)CCCCCCCCCCCCCCCCCCC. The van der Waals surface area contributed by atoms with Crippen molar-refractivity contribution in [2.75, 3.05) is 13.2 Å². The van der Waals surface area contributed by atoms with E-state index in [0.717, 1.165) is 103 Å². The van der Waals surface area contributed by atoms with E-state index in [1.165, 1.54) is 193 Å². The number of carbonyl (C=O) groups is 3. The molecule has 0 N–H and O–H groups in total. The molecule has 440 valence electrons. The van der Waals surface area contributed by atoms with Gasteiger partial charge in [0.05, 0.1) is 0 Å². The van der Waals surface area contributed by atoms with Crippen LogP contribution >= 0.6 is 0 Å². The highest BCUT2D eigenvalue weighted by Gasteiger charge is 2.19. The molecule has 1 atom stereocenters. The second kappa shape index (κ2) is 64.4. The Bertz CT molecular complexity index is 1400. The Morgan fingerprint density at radius 1 is 0.276 bits per heavy atom. The molecule has 0 aromatic rings. The molecular weight excluding hydrogens is 937 g/mol. The Morgan fingerprint density at radius 2 is 0.513 bits per heavy atom. The standard InChI is InChI=1S/C70H124O6/c1-4-7-10-13-16-19-22-25-28-31-32-33-34-35-36-37-38-40-42-45-48-51-54-57-60-63-69(72)75-66-67(65-74-68(71)62-59-56-53-50-47-44-41-30-27-24-21-18-15-12-9-6-3)76-70(73)64-61-58-55-52-49-46-43-39-29-26-23-20-17-14-11-8-5-2/h7,10,16,19,25,28,32-33,35-36,38,40,67H,4-6,8-9,11-15,17-18,20-24,26-27,29-31,34,37,39,41-66H2,1-3H3/b10-7-,19-16-,28-25-,33-32-,36-35-,40-38-. The highest BCUT2D eigenvalue weighted by molar-refractivity contribution is 5.71. The van der Waals surface area contributed by atoms with E-state index in [1.54, 1.807) is 0 Å². The van der Waals surface area contributed by atoms with Crippen LogP contribution in [0.15, 0.2) is 72.9 Å². The fraction of sp³-hybridized carbons (Fsp3) is 0.786. The molecule has 0 saturated carbocycles. The fourth-order valence-electron chi connectivity index (χ4n) is 9.57. The largest absolute Gasteiger partial charge is 0.462 e. The van der Waals surface area contributed by atoms with Crippen molar-refractivity contribution >= 4 is 17.9 Å². The van der Waals surface area contributed by atoms with Crippen molar-refractivity contribution < 1.29 is 28.6 Å².